The van der Waals surface area contributed by atoms with Gasteiger partial charge in [-0.3, -0.25) is 4.79 Å². The number of nitrogens with one attached hydrogen (secondary N) is 2. The highest BCUT2D eigenvalue weighted by Gasteiger charge is 2.13. The number of carbonyl (C=O) groups is 1. The van der Waals surface area contributed by atoms with E-state index in [-0.39, 0.29) is 23.2 Å². The van der Waals surface area contributed by atoms with E-state index in [2.05, 4.69) is 17.6 Å². The van der Waals surface area contributed by atoms with Gasteiger partial charge in [0.15, 0.2) is 15.6 Å². The van der Waals surface area contributed by atoms with Gasteiger partial charge in [0, 0.05) is 19.3 Å². The summed E-state index contributed by atoms with van der Waals surface area (Å²) in [4.78, 5) is 11.7. The Bertz CT molecular complexity index is 508. The lowest BCUT2D eigenvalue weighted by atomic mass is 10.4. The molecule has 0 atom stereocenters. The SMILES string of the molecule is CCCNCCNC(=O)c1ccc(CS(C)(=O)=O)o1. The summed E-state index contributed by atoms with van der Waals surface area (Å²) >= 11 is 0. The zero-order chi connectivity index (χ0) is 14.3. The molecule has 2 N–H and O–H groups in total. The van der Waals surface area contributed by atoms with Crippen LogP contribution in [0.1, 0.15) is 29.7 Å². The Morgan fingerprint density at radius 1 is 1.26 bits per heavy atom. The molecular weight excluding hydrogens is 268 g/mol. The number of hydrogen-bond donors (Lipinski definition) is 2. The molecule has 0 aliphatic carbocycles. The van der Waals surface area contributed by atoms with Crippen LogP contribution >= 0.6 is 0 Å². The van der Waals surface area contributed by atoms with Gasteiger partial charge in [0.25, 0.3) is 5.91 Å². The smallest absolute Gasteiger partial charge is 0.287 e. The van der Waals surface area contributed by atoms with Crippen LogP contribution in [-0.4, -0.2) is 40.2 Å². The van der Waals surface area contributed by atoms with E-state index in [0.717, 1.165) is 19.2 Å². The summed E-state index contributed by atoms with van der Waals surface area (Å²) in [6.45, 7) is 4.17. The maximum absolute atomic E-state index is 11.7. The van der Waals surface area contributed by atoms with Crippen LogP contribution in [0.5, 0.6) is 0 Å². The largest absolute Gasteiger partial charge is 0.455 e. The molecule has 0 aliphatic heterocycles. The van der Waals surface area contributed by atoms with Crippen LogP contribution in [0.2, 0.25) is 0 Å². The standard InChI is InChI=1S/C12H20N2O4S/c1-3-6-13-7-8-14-12(15)11-5-4-10(18-11)9-19(2,16)17/h4-5,13H,3,6-9H2,1-2H3,(H,14,15). The van der Waals surface area contributed by atoms with Crippen LogP contribution in [0.4, 0.5) is 0 Å². The molecule has 1 amide bonds. The fourth-order valence-corrected chi connectivity index (χ4v) is 2.16. The molecule has 0 aromatic carbocycles. The predicted molar refractivity (Wildman–Crippen MR) is 72.7 cm³/mol. The first-order chi connectivity index (χ1) is 8.92. The van der Waals surface area contributed by atoms with Crippen LogP contribution in [0.25, 0.3) is 0 Å². The van der Waals surface area contributed by atoms with Gasteiger partial charge in [-0.15, -0.1) is 0 Å². The fraction of sp³-hybridized carbons (Fsp3) is 0.583. The highest BCUT2D eigenvalue weighted by molar-refractivity contribution is 7.89. The number of furan rings is 1. The molecule has 1 rings (SSSR count). The van der Waals surface area contributed by atoms with Crippen molar-refractivity contribution in [2.45, 2.75) is 19.1 Å². The van der Waals surface area contributed by atoms with Crippen molar-refractivity contribution < 1.29 is 17.6 Å². The monoisotopic (exact) mass is 288 g/mol. The van der Waals surface area contributed by atoms with Crippen molar-refractivity contribution in [3.05, 3.63) is 23.7 Å². The Balaban J connectivity index is 2.41. The molecular formula is C12H20N2O4S. The fourth-order valence-electron chi connectivity index (χ4n) is 1.49. The molecule has 0 aliphatic rings. The molecule has 7 heteroatoms. The van der Waals surface area contributed by atoms with Gasteiger partial charge in [-0.2, -0.15) is 0 Å². The van der Waals surface area contributed by atoms with Crippen molar-refractivity contribution in [2.24, 2.45) is 0 Å². The van der Waals surface area contributed by atoms with E-state index in [1.807, 2.05) is 0 Å². The van der Waals surface area contributed by atoms with E-state index in [1.165, 1.54) is 12.1 Å². The van der Waals surface area contributed by atoms with Gasteiger partial charge in [0.05, 0.1) is 0 Å². The number of sulfone groups is 1. The first-order valence-electron chi connectivity index (χ1n) is 6.17. The minimum atomic E-state index is -3.15. The lowest BCUT2D eigenvalue weighted by Gasteiger charge is -2.04. The number of carbonyl (C=O) groups excluding carboxylic acids is 1. The molecule has 0 spiro atoms. The molecule has 0 saturated carbocycles. The molecule has 0 radical (unpaired) electrons. The van der Waals surface area contributed by atoms with Crippen LogP contribution < -0.4 is 10.6 Å². The van der Waals surface area contributed by atoms with Gasteiger partial charge in [-0.05, 0) is 25.1 Å². The molecule has 108 valence electrons. The summed E-state index contributed by atoms with van der Waals surface area (Å²) in [5.41, 5.74) is 0. The van der Waals surface area contributed by atoms with Crippen molar-refractivity contribution in [3.8, 4) is 0 Å². The Morgan fingerprint density at radius 2 is 2.00 bits per heavy atom. The Hall–Kier alpha value is -1.34. The summed E-state index contributed by atoms with van der Waals surface area (Å²) in [6.07, 6.45) is 2.16. The summed E-state index contributed by atoms with van der Waals surface area (Å²) in [5, 5.41) is 5.84. The van der Waals surface area contributed by atoms with Crippen LogP contribution in [0.3, 0.4) is 0 Å². The maximum Gasteiger partial charge on any atom is 0.287 e. The normalized spacial score (nSPS) is 11.5. The van der Waals surface area contributed by atoms with Crippen molar-refractivity contribution in [2.75, 3.05) is 25.9 Å². The number of amides is 1. The Kier molecular flexibility index (Phi) is 6.04. The second-order valence-corrected chi connectivity index (χ2v) is 6.48. The molecule has 0 fully saturated rings. The third-order valence-electron chi connectivity index (χ3n) is 2.30. The lowest BCUT2D eigenvalue weighted by molar-refractivity contribution is 0.0925. The van der Waals surface area contributed by atoms with E-state index < -0.39 is 9.84 Å². The number of rotatable bonds is 8. The first kappa shape index (κ1) is 15.7. The first-order valence-corrected chi connectivity index (χ1v) is 8.24. The van der Waals surface area contributed by atoms with Gasteiger partial charge < -0.3 is 15.1 Å². The van der Waals surface area contributed by atoms with E-state index >= 15 is 0 Å². The molecule has 6 nitrogen and oxygen atoms in total. The molecule has 1 aromatic heterocycles. The van der Waals surface area contributed by atoms with E-state index in [4.69, 9.17) is 4.42 Å². The third kappa shape index (κ3) is 6.40. The van der Waals surface area contributed by atoms with Gasteiger partial charge in [-0.1, -0.05) is 6.92 Å². The van der Waals surface area contributed by atoms with Gasteiger partial charge in [-0.25, -0.2) is 8.42 Å². The Labute approximate surface area is 113 Å². The van der Waals surface area contributed by atoms with E-state index in [1.54, 1.807) is 0 Å². The summed E-state index contributed by atoms with van der Waals surface area (Å²) in [7, 11) is -3.15. The Morgan fingerprint density at radius 3 is 2.63 bits per heavy atom. The molecule has 0 unspecified atom stereocenters. The molecule has 0 saturated heterocycles. The summed E-state index contributed by atoms with van der Waals surface area (Å²) in [5.74, 6) is -0.123. The van der Waals surface area contributed by atoms with Crippen molar-refractivity contribution in [3.63, 3.8) is 0 Å². The summed E-state index contributed by atoms with van der Waals surface area (Å²) < 4.78 is 27.4. The third-order valence-corrected chi connectivity index (χ3v) is 3.11. The zero-order valence-electron chi connectivity index (χ0n) is 11.2. The van der Waals surface area contributed by atoms with Crippen molar-refractivity contribution >= 4 is 15.7 Å². The highest BCUT2D eigenvalue weighted by atomic mass is 32.2. The maximum atomic E-state index is 11.7. The lowest BCUT2D eigenvalue weighted by Crippen LogP contribution is -2.31. The highest BCUT2D eigenvalue weighted by Crippen LogP contribution is 2.10. The van der Waals surface area contributed by atoms with Gasteiger partial charge >= 0.3 is 0 Å². The molecule has 1 aromatic rings. The van der Waals surface area contributed by atoms with Gasteiger partial charge in [0.2, 0.25) is 0 Å². The molecule has 1 heterocycles. The summed E-state index contributed by atoms with van der Waals surface area (Å²) in [6, 6.07) is 2.99. The minimum absolute atomic E-state index is 0.133. The zero-order valence-corrected chi connectivity index (χ0v) is 12.0. The molecule has 0 bridgehead atoms. The van der Waals surface area contributed by atoms with Gasteiger partial charge in [0.1, 0.15) is 11.5 Å². The minimum Gasteiger partial charge on any atom is -0.455 e. The molecule has 19 heavy (non-hydrogen) atoms. The second kappa shape index (κ2) is 7.30. The average Bonchev–Trinajstić information content (AvgIpc) is 2.74. The average molecular weight is 288 g/mol. The predicted octanol–water partition coefficient (Wildman–Crippen LogP) is 0.554. The van der Waals surface area contributed by atoms with Crippen LogP contribution in [-0.2, 0) is 15.6 Å². The van der Waals surface area contributed by atoms with Crippen molar-refractivity contribution in [1.29, 1.82) is 0 Å². The van der Waals surface area contributed by atoms with Crippen LogP contribution in [0, 0.1) is 0 Å². The number of hydrogen-bond acceptors (Lipinski definition) is 5. The quantitative estimate of drug-likeness (QED) is 0.682. The second-order valence-electron chi connectivity index (χ2n) is 4.34. The topological polar surface area (TPSA) is 88.4 Å². The van der Waals surface area contributed by atoms with Crippen LogP contribution in [0.15, 0.2) is 16.5 Å². The van der Waals surface area contributed by atoms with E-state index in [0.29, 0.717) is 13.1 Å². The van der Waals surface area contributed by atoms with E-state index in [9.17, 15) is 13.2 Å². The van der Waals surface area contributed by atoms with Crippen molar-refractivity contribution in [1.82, 2.24) is 10.6 Å².